The predicted octanol–water partition coefficient (Wildman–Crippen LogP) is 4.93. The molecule has 25 heavy (non-hydrogen) atoms. The summed E-state index contributed by atoms with van der Waals surface area (Å²) in [5.74, 6) is 1.35. The van der Waals surface area contributed by atoms with Crippen LogP contribution in [-0.2, 0) is 6.18 Å². The zero-order valence-corrected chi connectivity index (χ0v) is 13.5. The van der Waals surface area contributed by atoms with E-state index in [1.165, 1.54) is 18.3 Å². The number of hydrogen-bond acceptors (Lipinski definition) is 6. The molecule has 3 aromatic rings. The van der Waals surface area contributed by atoms with Crippen molar-refractivity contribution < 1.29 is 17.7 Å². The largest absolute Gasteiger partial charge is 0.418 e. The van der Waals surface area contributed by atoms with Gasteiger partial charge in [0.2, 0.25) is 5.95 Å². The van der Waals surface area contributed by atoms with Crippen LogP contribution in [0.25, 0.3) is 0 Å². The van der Waals surface area contributed by atoms with Crippen molar-refractivity contribution in [3.8, 4) is 0 Å². The standard InChI is InChI=1S/C15H11ClF3N5O/c1-8-6-13(24-25-8)22-12-4-5-20-14(23-12)21-11-3-2-9(16)7-10(11)15(17,18)19/h2-7H,1H3,(H2,20,21,22,23,24). The van der Waals surface area contributed by atoms with Gasteiger partial charge in [0.1, 0.15) is 11.6 Å². The van der Waals surface area contributed by atoms with Gasteiger partial charge in [-0.2, -0.15) is 18.2 Å². The minimum absolute atomic E-state index is 0.0157. The van der Waals surface area contributed by atoms with E-state index in [1.54, 1.807) is 19.1 Å². The smallest absolute Gasteiger partial charge is 0.360 e. The van der Waals surface area contributed by atoms with Crippen molar-refractivity contribution in [2.45, 2.75) is 13.1 Å². The van der Waals surface area contributed by atoms with E-state index in [0.717, 1.165) is 6.07 Å². The summed E-state index contributed by atoms with van der Waals surface area (Å²) < 4.78 is 44.3. The van der Waals surface area contributed by atoms with E-state index in [0.29, 0.717) is 17.4 Å². The van der Waals surface area contributed by atoms with Gasteiger partial charge in [-0.25, -0.2) is 4.98 Å². The lowest BCUT2D eigenvalue weighted by Gasteiger charge is -2.14. The van der Waals surface area contributed by atoms with Gasteiger partial charge in [0.25, 0.3) is 0 Å². The highest BCUT2D eigenvalue weighted by Crippen LogP contribution is 2.37. The minimum atomic E-state index is -4.57. The fourth-order valence-electron chi connectivity index (χ4n) is 2.03. The Kier molecular flexibility index (Phi) is 4.49. The first-order valence-corrected chi connectivity index (χ1v) is 7.36. The third-order valence-electron chi connectivity index (χ3n) is 3.07. The van der Waals surface area contributed by atoms with Gasteiger partial charge in [-0.3, -0.25) is 0 Å². The Morgan fingerprint density at radius 2 is 1.88 bits per heavy atom. The van der Waals surface area contributed by atoms with Crippen molar-refractivity contribution in [2.75, 3.05) is 10.6 Å². The molecule has 130 valence electrons. The van der Waals surface area contributed by atoms with Gasteiger partial charge >= 0.3 is 6.18 Å². The Balaban J connectivity index is 1.85. The molecule has 0 spiro atoms. The van der Waals surface area contributed by atoms with Gasteiger partial charge in [0, 0.05) is 17.3 Å². The van der Waals surface area contributed by atoms with Gasteiger partial charge in [0.15, 0.2) is 5.82 Å². The van der Waals surface area contributed by atoms with Gasteiger partial charge in [-0.15, -0.1) is 0 Å². The fraction of sp³-hybridized carbons (Fsp3) is 0.133. The van der Waals surface area contributed by atoms with E-state index in [-0.39, 0.29) is 16.7 Å². The zero-order chi connectivity index (χ0) is 18.0. The highest BCUT2D eigenvalue weighted by Gasteiger charge is 2.34. The van der Waals surface area contributed by atoms with Crippen molar-refractivity contribution in [1.82, 2.24) is 15.1 Å². The molecule has 10 heteroatoms. The van der Waals surface area contributed by atoms with Crippen LogP contribution in [0.1, 0.15) is 11.3 Å². The second-order valence-corrected chi connectivity index (χ2v) is 5.46. The third-order valence-corrected chi connectivity index (χ3v) is 3.31. The van der Waals surface area contributed by atoms with Crippen molar-refractivity contribution in [2.24, 2.45) is 0 Å². The number of halogens is 4. The Morgan fingerprint density at radius 1 is 1.08 bits per heavy atom. The van der Waals surface area contributed by atoms with Gasteiger partial charge in [0.05, 0.1) is 11.3 Å². The second kappa shape index (κ2) is 6.60. The maximum Gasteiger partial charge on any atom is 0.418 e. The van der Waals surface area contributed by atoms with Crippen LogP contribution in [0.2, 0.25) is 5.02 Å². The zero-order valence-electron chi connectivity index (χ0n) is 12.7. The molecular formula is C15H11ClF3N5O. The SMILES string of the molecule is Cc1cc(Nc2ccnc(Nc3ccc(Cl)cc3C(F)(F)F)n2)no1. The van der Waals surface area contributed by atoms with Crippen LogP contribution >= 0.6 is 11.6 Å². The minimum Gasteiger partial charge on any atom is -0.360 e. The van der Waals surface area contributed by atoms with Crippen molar-refractivity contribution in [3.05, 3.63) is 52.9 Å². The van der Waals surface area contributed by atoms with Crippen LogP contribution in [0.4, 0.5) is 36.4 Å². The molecule has 0 saturated heterocycles. The molecule has 0 bridgehead atoms. The molecule has 0 atom stereocenters. The summed E-state index contributed by atoms with van der Waals surface area (Å²) in [5.41, 5.74) is -1.11. The molecule has 2 heterocycles. The maximum atomic E-state index is 13.1. The summed E-state index contributed by atoms with van der Waals surface area (Å²) in [5, 5.41) is 9.15. The van der Waals surface area contributed by atoms with Gasteiger partial charge in [-0.1, -0.05) is 16.8 Å². The molecule has 0 aliphatic carbocycles. The van der Waals surface area contributed by atoms with Crippen LogP contribution in [0.15, 0.2) is 41.1 Å². The molecule has 0 saturated carbocycles. The summed E-state index contributed by atoms with van der Waals surface area (Å²) in [4.78, 5) is 8.02. The van der Waals surface area contributed by atoms with Crippen molar-refractivity contribution in [3.63, 3.8) is 0 Å². The number of anilines is 4. The highest BCUT2D eigenvalue weighted by molar-refractivity contribution is 6.30. The molecule has 6 nitrogen and oxygen atoms in total. The Morgan fingerprint density at radius 3 is 2.56 bits per heavy atom. The first-order chi connectivity index (χ1) is 11.8. The average Bonchev–Trinajstić information content (AvgIpc) is 2.93. The van der Waals surface area contributed by atoms with Crippen molar-refractivity contribution >= 4 is 34.9 Å². The molecule has 3 rings (SSSR count). The van der Waals surface area contributed by atoms with E-state index in [9.17, 15) is 13.2 Å². The highest BCUT2D eigenvalue weighted by atomic mass is 35.5. The van der Waals surface area contributed by atoms with E-state index in [4.69, 9.17) is 16.1 Å². The first-order valence-electron chi connectivity index (χ1n) is 6.98. The van der Waals surface area contributed by atoms with Crippen molar-refractivity contribution in [1.29, 1.82) is 0 Å². The molecule has 0 aliphatic heterocycles. The summed E-state index contributed by atoms with van der Waals surface area (Å²) in [6.45, 7) is 1.73. The Hall–Kier alpha value is -2.81. The molecule has 0 radical (unpaired) electrons. The number of hydrogen-bond donors (Lipinski definition) is 2. The van der Waals surface area contributed by atoms with Crippen LogP contribution < -0.4 is 10.6 Å². The van der Waals surface area contributed by atoms with Crippen LogP contribution in [0.5, 0.6) is 0 Å². The van der Waals surface area contributed by atoms with E-state index in [2.05, 4.69) is 25.8 Å². The van der Waals surface area contributed by atoms with E-state index >= 15 is 0 Å². The van der Waals surface area contributed by atoms with Crippen LogP contribution in [-0.4, -0.2) is 15.1 Å². The summed E-state index contributed by atoms with van der Waals surface area (Å²) in [6.07, 6.45) is -3.17. The number of alkyl halides is 3. The maximum absolute atomic E-state index is 13.1. The summed E-state index contributed by atoms with van der Waals surface area (Å²) >= 11 is 5.66. The Labute approximate surface area is 145 Å². The lowest BCUT2D eigenvalue weighted by molar-refractivity contribution is -0.136. The monoisotopic (exact) mass is 369 g/mol. The number of aromatic nitrogens is 3. The fourth-order valence-corrected chi connectivity index (χ4v) is 2.20. The molecule has 2 N–H and O–H groups in total. The number of benzene rings is 1. The molecule has 0 amide bonds. The van der Waals surface area contributed by atoms with E-state index < -0.39 is 11.7 Å². The summed E-state index contributed by atoms with van der Waals surface area (Å²) in [6, 6.07) is 6.59. The molecule has 0 unspecified atom stereocenters. The van der Waals surface area contributed by atoms with E-state index in [1.807, 2.05) is 0 Å². The van der Waals surface area contributed by atoms with Gasteiger partial charge < -0.3 is 15.2 Å². The molecule has 2 aromatic heterocycles. The predicted molar refractivity (Wildman–Crippen MR) is 86.3 cm³/mol. The van der Waals surface area contributed by atoms with Crippen LogP contribution in [0.3, 0.4) is 0 Å². The molecule has 0 aliphatic rings. The first kappa shape index (κ1) is 17.0. The third kappa shape index (κ3) is 4.18. The number of rotatable bonds is 4. The topological polar surface area (TPSA) is 75.9 Å². The molecular weight excluding hydrogens is 359 g/mol. The second-order valence-electron chi connectivity index (χ2n) is 5.03. The lowest BCUT2D eigenvalue weighted by atomic mass is 10.1. The normalized spacial score (nSPS) is 11.4. The van der Waals surface area contributed by atoms with Gasteiger partial charge in [-0.05, 0) is 31.2 Å². The molecule has 1 aromatic carbocycles. The number of aryl methyl sites for hydroxylation is 1. The number of nitrogens with zero attached hydrogens (tertiary/aromatic N) is 3. The number of nitrogens with one attached hydrogen (secondary N) is 2. The Bertz CT molecular complexity index is 897. The molecule has 0 fully saturated rings. The van der Waals surface area contributed by atoms with Crippen LogP contribution in [0, 0.1) is 6.92 Å². The quantitative estimate of drug-likeness (QED) is 0.679. The average molecular weight is 370 g/mol. The lowest BCUT2D eigenvalue weighted by Crippen LogP contribution is -2.10. The summed E-state index contributed by atoms with van der Waals surface area (Å²) in [7, 11) is 0.